The summed E-state index contributed by atoms with van der Waals surface area (Å²) >= 11 is 0. The number of benzene rings is 1. The molecule has 0 aliphatic heterocycles. The van der Waals surface area contributed by atoms with Gasteiger partial charge in [0.25, 0.3) is 0 Å². The summed E-state index contributed by atoms with van der Waals surface area (Å²) in [5.74, 6) is 2.54. The molecule has 0 spiro atoms. The predicted molar refractivity (Wildman–Crippen MR) is 131 cm³/mol. The monoisotopic (exact) mass is 521 g/mol. The van der Waals surface area contributed by atoms with Crippen LogP contribution in [-0.4, -0.2) is 47.4 Å². The Labute approximate surface area is 190 Å². The summed E-state index contributed by atoms with van der Waals surface area (Å²) in [4.78, 5) is 4.33. The maximum atomic E-state index is 12.1. The van der Waals surface area contributed by atoms with Gasteiger partial charge in [-0.05, 0) is 51.2 Å². The largest absolute Gasteiger partial charge is 0.494 e. The highest BCUT2D eigenvalue weighted by Gasteiger charge is 2.25. The van der Waals surface area contributed by atoms with Crippen LogP contribution in [0.4, 0.5) is 0 Å². The zero-order chi connectivity index (χ0) is 19.5. The first-order chi connectivity index (χ1) is 13.1. The Hall–Kier alpha value is -0.830. The van der Waals surface area contributed by atoms with Crippen LogP contribution in [0.5, 0.6) is 5.75 Å². The van der Waals surface area contributed by atoms with E-state index in [9.17, 15) is 4.21 Å². The second kappa shape index (κ2) is 14.2. The molecule has 28 heavy (non-hydrogen) atoms. The summed E-state index contributed by atoms with van der Waals surface area (Å²) < 4.78 is 17.8. The van der Waals surface area contributed by atoms with Gasteiger partial charge in [0.2, 0.25) is 0 Å². The van der Waals surface area contributed by atoms with Gasteiger partial charge in [0.05, 0.1) is 6.61 Å². The maximum Gasteiger partial charge on any atom is 0.191 e. The van der Waals surface area contributed by atoms with Gasteiger partial charge in [0, 0.05) is 41.4 Å². The van der Waals surface area contributed by atoms with E-state index in [1.54, 1.807) is 7.05 Å². The average Bonchev–Trinajstić information content (AvgIpc) is 2.70. The van der Waals surface area contributed by atoms with Crippen LogP contribution in [0.1, 0.15) is 51.0 Å². The van der Waals surface area contributed by atoms with Crippen LogP contribution in [0, 0.1) is 6.92 Å². The third-order valence-electron chi connectivity index (χ3n) is 5.00. The predicted octanol–water partition coefficient (Wildman–Crippen LogP) is 4.02. The van der Waals surface area contributed by atoms with Crippen LogP contribution in [0.15, 0.2) is 29.3 Å². The number of aryl methyl sites for hydroxylation is 1. The number of nitrogens with zero attached hydrogens (tertiary/aromatic N) is 1. The van der Waals surface area contributed by atoms with Gasteiger partial charge in [0.1, 0.15) is 5.75 Å². The first kappa shape index (κ1) is 25.2. The van der Waals surface area contributed by atoms with E-state index in [-0.39, 0.29) is 24.0 Å². The zero-order valence-corrected chi connectivity index (χ0v) is 20.6. The number of hydrogen-bond acceptors (Lipinski definition) is 3. The van der Waals surface area contributed by atoms with Crippen LogP contribution < -0.4 is 15.4 Å². The summed E-state index contributed by atoms with van der Waals surface area (Å²) in [7, 11) is 1.11. The lowest BCUT2D eigenvalue weighted by molar-refractivity contribution is 0.307. The molecule has 3 unspecified atom stereocenters. The molecule has 0 aromatic heterocycles. The maximum absolute atomic E-state index is 12.1. The van der Waals surface area contributed by atoms with Crippen LogP contribution in [0.3, 0.4) is 0 Å². The van der Waals surface area contributed by atoms with Gasteiger partial charge in [-0.15, -0.1) is 24.0 Å². The van der Waals surface area contributed by atoms with Crippen molar-refractivity contribution in [2.75, 3.05) is 26.0 Å². The third-order valence-corrected chi connectivity index (χ3v) is 6.74. The number of aliphatic imine (C=N–C) groups is 1. The van der Waals surface area contributed by atoms with Crippen LogP contribution in [0.2, 0.25) is 0 Å². The highest BCUT2D eigenvalue weighted by Crippen LogP contribution is 2.23. The van der Waals surface area contributed by atoms with Gasteiger partial charge in [-0.1, -0.05) is 31.0 Å². The molecule has 0 heterocycles. The van der Waals surface area contributed by atoms with Gasteiger partial charge in [-0.2, -0.15) is 0 Å². The molecule has 2 rings (SSSR count). The molecule has 1 aliphatic carbocycles. The van der Waals surface area contributed by atoms with Gasteiger partial charge in [0.15, 0.2) is 5.96 Å². The van der Waals surface area contributed by atoms with Crippen molar-refractivity contribution >= 4 is 40.7 Å². The Morgan fingerprint density at radius 1 is 1.25 bits per heavy atom. The Balaban J connectivity index is 0.00000392. The van der Waals surface area contributed by atoms with Crippen molar-refractivity contribution in [3.8, 4) is 5.75 Å². The van der Waals surface area contributed by atoms with E-state index >= 15 is 0 Å². The van der Waals surface area contributed by atoms with Crippen molar-refractivity contribution in [1.82, 2.24) is 10.6 Å². The smallest absolute Gasteiger partial charge is 0.191 e. The van der Waals surface area contributed by atoms with E-state index in [4.69, 9.17) is 4.74 Å². The average molecular weight is 522 g/mol. The Kier molecular flexibility index (Phi) is 12.8. The standard InChI is InChI=1S/C21H35N3O2S.HI/c1-4-27(25)20-9-7-8-18(16-20)24-21(22-3)23-14-5-6-15-26-19-12-10-17(2)11-13-19;/h10-13,18,20H,4-9,14-16H2,1-3H3,(H2,22,23,24);1H. The van der Waals surface area contributed by atoms with Crippen molar-refractivity contribution in [3.05, 3.63) is 29.8 Å². The summed E-state index contributed by atoms with van der Waals surface area (Å²) in [5, 5.41) is 7.23. The lowest BCUT2D eigenvalue weighted by Crippen LogP contribution is -2.46. The van der Waals surface area contributed by atoms with E-state index in [0.29, 0.717) is 11.3 Å². The molecule has 1 saturated carbocycles. The van der Waals surface area contributed by atoms with Gasteiger partial charge < -0.3 is 15.4 Å². The molecule has 1 aliphatic rings. The van der Waals surface area contributed by atoms with Gasteiger partial charge in [-0.25, -0.2) is 0 Å². The molecule has 0 bridgehead atoms. The zero-order valence-electron chi connectivity index (χ0n) is 17.4. The molecular weight excluding hydrogens is 485 g/mol. The molecule has 2 N–H and O–H groups in total. The van der Waals surface area contributed by atoms with E-state index in [2.05, 4.69) is 34.7 Å². The highest BCUT2D eigenvalue weighted by molar-refractivity contribution is 14.0. The SMILES string of the molecule is CCS(=O)C1CCCC(NC(=NC)NCCCCOc2ccc(C)cc2)C1.I. The molecule has 7 heteroatoms. The van der Waals surface area contributed by atoms with Crippen molar-refractivity contribution in [2.24, 2.45) is 4.99 Å². The van der Waals surface area contributed by atoms with Crippen LogP contribution in [-0.2, 0) is 10.8 Å². The summed E-state index contributed by atoms with van der Waals surface area (Å²) in [6.07, 6.45) is 6.36. The van der Waals surface area contributed by atoms with Crippen LogP contribution >= 0.6 is 24.0 Å². The fourth-order valence-corrected chi connectivity index (χ4v) is 4.74. The molecule has 5 nitrogen and oxygen atoms in total. The normalized spacial score (nSPS) is 20.8. The molecule has 160 valence electrons. The third kappa shape index (κ3) is 9.11. The second-order valence-corrected chi connectivity index (χ2v) is 9.17. The van der Waals surface area contributed by atoms with Gasteiger partial charge >= 0.3 is 0 Å². The highest BCUT2D eigenvalue weighted by atomic mass is 127. The molecule has 1 aromatic carbocycles. The number of hydrogen-bond donors (Lipinski definition) is 2. The second-order valence-electron chi connectivity index (χ2n) is 7.17. The van der Waals surface area contributed by atoms with Gasteiger partial charge in [-0.3, -0.25) is 9.20 Å². The molecule has 0 amide bonds. The van der Waals surface area contributed by atoms with Crippen molar-refractivity contribution in [3.63, 3.8) is 0 Å². The first-order valence-electron chi connectivity index (χ1n) is 10.2. The van der Waals surface area contributed by atoms with E-state index in [0.717, 1.165) is 69.1 Å². The van der Waals surface area contributed by atoms with Crippen molar-refractivity contribution in [1.29, 1.82) is 0 Å². The number of unbranched alkanes of at least 4 members (excludes halogenated alkanes) is 1. The minimum absolute atomic E-state index is 0. The number of rotatable bonds is 9. The molecular formula is C21H36IN3O2S. The number of guanidine groups is 1. The molecule has 0 radical (unpaired) electrons. The summed E-state index contributed by atoms with van der Waals surface area (Å²) in [6, 6.07) is 8.54. The summed E-state index contributed by atoms with van der Waals surface area (Å²) in [6.45, 7) is 5.68. The van der Waals surface area contributed by atoms with Crippen LogP contribution in [0.25, 0.3) is 0 Å². The molecule has 0 saturated heterocycles. The van der Waals surface area contributed by atoms with E-state index in [1.807, 2.05) is 19.1 Å². The Morgan fingerprint density at radius 3 is 2.68 bits per heavy atom. The number of nitrogens with one attached hydrogen (secondary N) is 2. The Bertz CT molecular complexity index is 610. The van der Waals surface area contributed by atoms with Crippen molar-refractivity contribution in [2.45, 2.75) is 63.7 Å². The van der Waals surface area contributed by atoms with E-state index in [1.165, 1.54) is 5.56 Å². The number of halogens is 1. The number of ether oxygens (including phenoxy) is 1. The van der Waals surface area contributed by atoms with E-state index < -0.39 is 10.8 Å². The summed E-state index contributed by atoms with van der Waals surface area (Å²) in [5.41, 5.74) is 1.25. The molecule has 3 atom stereocenters. The topological polar surface area (TPSA) is 62.7 Å². The quantitative estimate of drug-likeness (QED) is 0.223. The minimum atomic E-state index is -0.692. The Morgan fingerprint density at radius 2 is 2.00 bits per heavy atom. The fourth-order valence-electron chi connectivity index (χ4n) is 3.40. The minimum Gasteiger partial charge on any atom is -0.494 e. The molecule has 1 fully saturated rings. The lowest BCUT2D eigenvalue weighted by atomic mass is 9.95. The van der Waals surface area contributed by atoms with Crippen molar-refractivity contribution < 1.29 is 8.95 Å². The molecule has 1 aromatic rings. The first-order valence-corrected chi connectivity index (χ1v) is 11.5. The lowest BCUT2D eigenvalue weighted by Gasteiger charge is -2.30. The fraction of sp³-hybridized carbons (Fsp3) is 0.667.